The molecule has 2 saturated carbocycles. The Hall–Kier alpha value is -4.11. The number of ether oxygens (including phenoxy) is 3. The molecule has 0 saturated heterocycles. The Labute approximate surface area is 314 Å². The summed E-state index contributed by atoms with van der Waals surface area (Å²) in [5, 5.41) is 34.0. The van der Waals surface area contributed by atoms with Crippen LogP contribution in [0.4, 0.5) is 0 Å². The number of benzene rings is 3. The molecular formula is C44H59N3O6. The highest BCUT2D eigenvalue weighted by atomic mass is 16.5. The molecule has 1 aliphatic heterocycles. The smallest absolute Gasteiger partial charge is 0.185 e. The van der Waals surface area contributed by atoms with Crippen LogP contribution in [0.2, 0.25) is 0 Å². The van der Waals surface area contributed by atoms with Gasteiger partial charge in [-0.05, 0) is 121 Å². The third-order valence-corrected chi connectivity index (χ3v) is 12.5. The first-order valence-electron chi connectivity index (χ1n) is 20.0. The van der Waals surface area contributed by atoms with E-state index < -0.39 is 12.2 Å². The van der Waals surface area contributed by atoms with Gasteiger partial charge in [0.15, 0.2) is 17.5 Å². The van der Waals surface area contributed by atoms with E-state index in [-0.39, 0.29) is 23.7 Å². The number of aliphatic hydroxyl groups excluding tert-OH is 1. The summed E-state index contributed by atoms with van der Waals surface area (Å²) >= 11 is 0. The van der Waals surface area contributed by atoms with Gasteiger partial charge in [0.05, 0.1) is 13.2 Å². The van der Waals surface area contributed by atoms with E-state index in [1.807, 2.05) is 24.3 Å². The molecule has 2 fully saturated rings. The molecule has 0 spiro atoms. The predicted octanol–water partition coefficient (Wildman–Crippen LogP) is 8.08. The number of unbranched alkanes of at least 4 members (excludes halogenated alkanes) is 2. The van der Waals surface area contributed by atoms with Gasteiger partial charge in [0.2, 0.25) is 0 Å². The molecular weight excluding hydrogens is 666 g/mol. The van der Waals surface area contributed by atoms with E-state index in [1.54, 1.807) is 13.2 Å². The van der Waals surface area contributed by atoms with Crippen LogP contribution in [-0.2, 0) is 19.3 Å². The number of hydrogen-bond donors (Lipinski definition) is 5. The fourth-order valence-corrected chi connectivity index (χ4v) is 9.99. The van der Waals surface area contributed by atoms with Gasteiger partial charge < -0.3 is 41.0 Å². The monoisotopic (exact) mass is 725 g/mol. The molecule has 7 N–H and O–H groups in total. The summed E-state index contributed by atoms with van der Waals surface area (Å²) in [5.41, 5.74) is 18.6. The quantitative estimate of drug-likeness (QED) is 0.0714. The summed E-state index contributed by atoms with van der Waals surface area (Å²) in [6.45, 7) is 7.14. The number of methoxy groups -OCH3 is 1. The summed E-state index contributed by atoms with van der Waals surface area (Å²) in [7, 11) is 1.71. The molecule has 3 aliphatic carbocycles. The summed E-state index contributed by atoms with van der Waals surface area (Å²) in [4.78, 5) is 4.35. The zero-order valence-corrected chi connectivity index (χ0v) is 31.9. The number of hydrogen-bond acceptors (Lipinski definition) is 7. The molecule has 0 radical (unpaired) electrons. The van der Waals surface area contributed by atoms with Crippen LogP contribution in [0, 0.1) is 23.7 Å². The van der Waals surface area contributed by atoms with Crippen LogP contribution in [-0.4, -0.2) is 47.1 Å². The number of aliphatic hydroxyl groups is 1. The normalized spacial score (nSPS) is 25.8. The molecule has 0 amide bonds. The Morgan fingerprint density at radius 2 is 1.81 bits per heavy atom. The summed E-state index contributed by atoms with van der Waals surface area (Å²) in [6.07, 6.45) is 10.3. The van der Waals surface area contributed by atoms with E-state index in [2.05, 4.69) is 31.8 Å². The molecule has 9 nitrogen and oxygen atoms in total. The van der Waals surface area contributed by atoms with Gasteiger partial charge in [0.1, 0.15) is 29.5 Å². The molecule has 53 heavy (non-hydrogen) atoms. The summed E-state index contributed by atoms with van der Waals surface area (Å²) in [5.74, 6) is 4.09. The molecule has 3 aromatic carbocycles. The Morgan fingerprint density at radius 1 is 0.981 bits per heavy atom. The van der Waals surface area contributed by atoms with E-state index >= 15 is 0 Å². The van der Waals surface area contributed by atoms with E-state index in [9.17, 15) is 15.3 Å². The predicted molar refractivity (Wildman–Crippen MR) is 209 cm³/mol. The van der Waals surface area contributed by atoms with Crippen LogP contribution >= 0.6 is 0 Å². The van der Waals surface area contributed by atoms with Gasteiger partial charge in [-0.2, -0.15) is 0 Å². The van der Waals surface area contributed by atoms with Gasteiger partial charge in [-0.3, -0.25) is 4.99 Å². The van der Waals surface area contributed by atoms with Crippen molar-refractivity contribution < 1.29 is 29.5 Å². The molecule has 9 heteroatoms. The van der Waals surface area contributed by atoms with Crippen LogP contribution in [0.3, 0.4) is 0 Å². The minimum Gasteiger partial charge on any atom is -0.508 e. The van der Waals surface area contributed by atoms with Crippen LogP contribution in [0.15, 0.2) is 41.4 Å². The number of rotatable bonds is 12. The van der Waals surface area contributed by atoms with Crippen LogP contribution in [0.1, 0.15) is 118 Å². The molecule has 2 bridgehead atoms. The van der Waals surface area contributed by atoms with E-state index in [4.69, 9.17) is 25.7 Å². The summed E-state index contributed by atoms with van der Waals surface area (Å²) < 4.78 is 19.7. The number of phenols is 2. The third kappa shape index (κ3) is 7.51. The van der Waals surface area contributed by atoms with Gasteiger partial charge >= 0.3 is 0 Å². The lowest BCUT2D eigenvalue weighted by atomic mass is 9.65. The summed E-state index contributed by atoms with van der Waals surface area (Å²) in [6, 6.07) is 11.4. The first-order valence-corrected chi connectivity index (χ1v) is 20.0. The maximum atomic E-state index is 11.9. The average Bonchev–Trinajstić information content (AvgIpc) is 3.12. The minimum atomic E-state index is -0.815. The Bertz CT molecular complexity index is 1820. The van der Waals surface area contributed by atoms with Crippen LogP contribution in [0.5, 0.6) is 28.7 Å². The second kappa shape index (κ2) is 15.7. The van der Waals surface area contributed by atoms with Gasteiger partial charge in [0, 0.05) is 36.1 Å². The molecule has 4 aliphatic rings. The van der Waals surface area contributed by atoms with E-state index in [0.29, 0.717) is 48.1 Å². The number of nitrogens with zero attached hydrogens (tertiary/aromatic N) is 1. The van der Waals surface area contributed by atoms with Crippen molar-refractivity contribution in [3.05, 3.63) is 64.2 Å². The van der Waals surface area contributed by atoms with Gasteiger partial charge in [-0.15, -0.1) is 0 Å². The highest BCUT2D eigenvalue weighted by Crippen LogP contribution is 2.54. The minimum absolute atomic E-state index is 0.0398. The van der Waals surface area contributed by atoms with Crippen LogP contribution < -0.4 is 25.7 Å². The second-order valence-corrected chi connectivity index (χ2v) is 16.6. The van der Waals surface area contributed by atoms with Crippen molar-refractivity contribution >= 4 is 5.96 Å². The number of nitrogens with two attached hydrogens (primary N) is 2. The molecule has 0 unspecified atom stereocenters. The number of aromatic hydroxyl groups is 2. The van der Waals surface area contributed by atoms with Gasteiger partial charge in [-0.25, -0.2) is 0 Å². The first-order chi connectivity index (χ1) is 25.6. The van der Waals surface area contributed by atoms with E-state index in [0.717, 1.165) is 116 Å². The SMILES string of the molecule is CCCCC[C@@H]1Cc2cc(O)c(CC(C)C)cc2-c2c(OC)cc3c(c21)C[C@@H](O)[C@H](c1ccc(O)c(O[C@@H]2[C@@H]4CCC[C@@H]2[C@H](CN=C(N)N)CC4)c1)O3. The number of aliphatic imine (C=N–C) groups is 1. The fourth-order valence-electron chi connectivity index (χ4n) is 9.99. The van der Waals surface area contributed by atoms with Crippen molar-refractivity contribution in [2.45, 2.75) is 122 Å². The number of guanidine groups is 1. The molecule has 7 rings (SSSR count). The largest absolute Gasteiger partial charge is 0.508 e. The van der Waals surface area contributed by atoms with E-state index in [1.165, 1.54) is 5.56 Å². The molecule has 286 valence electrons. The number of phenolic OH excluding ortho intramolecular Hbond substituents is 2. The molecule has 1 heterocycles. The lowest BCUT2D eigenvalue weighted by molar-refractivity contribution is -0.0266. The Kier molecular flexibility index (Phi) is 11.0. The van der Waals surface area contributed by atoms with Crippen molar-refractivity contribution in [3.63, 3.8) is 0 Å². The van der Waals surface area contributed by atoms with Crippen molar-refractivity contribution in [1.82, 2.24) is 0 Å². The zero-order valence-electron chi connectivity index (χ0n) is 31.9. The van der Waals surface area contributed by atoms with Crippen molar-refractivity contribution in [2.75, 3.05) is 13.7 Å². The van der Waals surface area contributed by atoms with Crippen molar-refractivity contribution in [1.29, 1.82) is 0 Å². The van der Waals surface area contributed by atoms with Gasteiger partial charge in [0.25, 0.3) is 0 Å². The maximum absolute atomic E-state index is 11.9. The molecule has 7 atom stereocenters. The highest BCUT2D eigenvalue weighted by molar-refractivity contribution is 5.83. The zero-order chi connectivity index (χ0) is 37.4. The Balaban J connectivity index is 1.22. The lowest BCUT2D eigenvalue weighted by Crippen LogP contribution is -2.46. The number of fused-ring (bicyclic) bond motifs is 7. The topological polar surface area (TPSA) is 153 Å². The molecule has 3 aromatic rings. The lowest BCUT2D eigenvalue weighted by Gasteiger charge is -2.46. The van der Waals surface area contributed by atoms with Crippen LogP contribution in [0.25, 0.3) is 11.1 Å². The third-order valence-electron chi connectivity index (χ3n) is 12.5. The highest BCUT2D eigenvalue weighted by Gasteiger charge is 2.44. The standard InChI is InChI=1S/C44H59N3O6/c1-5-6-7-9-26-17-29-19-35(49)30(16-24(2)3)18-32(29)41-39(51-4)22-37-33(40(26)41)21-36(50)43(52-37)27-14-15-34(48)38(20-27)53-42-25-10-8-11-31(42)28(13-12-25)23-47-44(45)46/h14-15,18-20,22,24-26,28,31,36,42-43,48-50H,5-13,16-17,21,23H2,1-4H3,(H4,45,46,47)/t25-,26-,28+,31-,36-,42-,43+/m1/s1. The van der Waals surface area contributed by atoms with Gasteiger partial charge in [-0.1, -0.05) is 52.5 Å². The second-order valence-electron chi connectivity index (χ2n) is 16.6. The first kappa shape index (κ1) is 37.2. The van der Waals surface area contributed by atoms with Crippen molar-refractivity contribution in [3.8, 4) is 39.9 Å². The Morgan fingerprint density at radius 3 is 2.57 bits per heavy atom. The molecule has 0 aromatic heterocycles. The van der Waals surface area contributed by atoms with Crippen molar-refractivity contribution in [2.24, 2.45) is 40.1 Å². The maximum Gasteiger partial charge on any atom is 0.185 e. The average molecular weight is 726 g/mol. The fraction of sp³-hybridized carbons (Fsp3) is 0.568.